The maximum absolute atomic E-state index is 11.9. The summed E-state index contributed by atoms with van der Waals surface area (Å²) in [4.78, 5) is 2.83. The van der Waals surface area contributed by atoms with Crippen molar-refractivity contribution in [3.63, 3.8) is 0 Å². The fourth-order valence-electron chi connectivity index (χ4n) is 8.09. The summed E-state index contributed by atoms with van der Waals surface area (Å²) in [6.07, 6.45) is 13.2. The molecule has 1 heterocycles. The molecule has 4 fully saturated rings. The van der Waals surface area contributed by atoms with E-state index in [-0.39, 0.29) is 12.9 Å². The van der Waals surface area contributed by atoms with Gasteiger partial charge in [0.1, 0.15) is 0 Å². The summed E-state index contributed by atoms with van der Waals surface area (Å²) in [5.74, 6) is 2.12. The number of nitrogens with one attached hydrogen (secondary N) is 1. The predicted octanol–water partition coefficient (Wildman–Crippen LogP) is 4.23. The van der Waals surface area contributed by atoms with E-state index in [4.69, 9.17) is 0 Å². The largest absolute Gasteiger partial charge is 0.300 e. The van der Waals surface area contributed by atoms with Gasteiger partial charge < -0.3 is 4.90 Å². The molecule has 0 radical (unpaired) electrons. The molecule has 0 bridgehead atoms. The van der Waals surface area contributed by atoms with E-state index in [0.29, 0.717) is 0 Å². The van der Waals surface area contributed by atoms with Gasteiger partial charge in [0.25, 0.3) is 0 Å². The molecule has 160 valence electrons. The normalized spacial score (nSPS) is 40.4. The lowest BCUT2D eigenvalue weighted by Gasteiger charge is -2.48. The van der Waals surface area contributed by atoms with E-state index in [0.717, 1.165) is 36.1 Å². The molecule has 4 nitrogen and oxygen atoms in total. The highest BCUT2D eigenvalue weighted by atomic mass is 32.2. The van der Waals surface area contributed by atoms with Crippen LogP contribution in [-0.2, 0) is 15.4 Å². The second-order valence-corrected chi connectivity index (χ2v) is 12.7. The highest BCUT2D eigenvalue weighted by molar-refractivity contribution is 7.88. The van der Waals surface area contributed by atoms with Gasteiger partial charge in [-0.05, 0) is 105 Å². The fraction of sp³-hybridized carbons (Fsp3) is 0.750. The first-order valence-corrected chi connectivity index (χ1v) is 13.6. The Morgan fingerprint density at radius 2 is 1.79 bits per heavy atom. The molecular weight excluding hydrogens is 380 g/mol. The van der Waals surface area contributed by atoms with Crippen LogP contribution in [0.1, 0.15) is 76.4 Å². The van der Waals surface area contributed by atoms with Crippen LogP contribution in [0.15, 0.2) is 24.3 Å². The predicted molar refractivity (Wildman–Crippen MR) is 117 cm³/mol. The highest BCUT2D eigenvalue weighted by Gasteiger charge is 2.66. The lowest BCUT2D eigenvalue weighted by molar-refractivity contribution is 0.0996. The van der Waals surface area contributed by atoms with Gasteiger partial charge in [0.2, 0.25) is 10.0 Å². The molecule has 2 spiro atoms. The summed E-state index contributed by atoms with van der Waals surface area (Å²) in [5.41, 5.74) is 3.66. The Morgan fingerprint density at radius 1 is 1.03 bits per heavy atom. The Balaban J connectivity index is 0.00000193. The molecule has 4 aliphatic carbocycles. The van der Waals surface area contributed by atoms with E-state index in [1.165, 1.54) is 75.4 Å². The lowest BCUT2D eigenvalue weighted by atomic mass is 9.63. The minimum absolute atomic E-state index is 0. The zero-order chi connectivity index (χ0) is 19.9. The van der Waals surface area contributed by atoms with Gasteiger partial charge in [0, 0.05) is 13.5 Å². The molecular formula is C24H36N2O2S. The average Bonchev–Trinajstić information content (AvgIpc) is 3.09. The fourth-order valence-corrected chi connectivity index (χ4v) is 8.85. The quantitative estimate of drug-likeness (QED) is 0.802. The number of nitrogens with zero attached hydrogens (tertiary/aromatic N) is 1. The van der Waals surface area contributed by atoms with E-state index in [2.05, 4.69) is 33.9 Å². The molecule has 1 aromatic rings. The van der Waals surface area contributed by atoms with Crippen molar-refractivity contribution in [1.29, 1.82) is 0 Å². The van der Waals surface area contributed by atoms with E-state index in [9.17, 15) is 8.42 Å². The number of rotatable bonds is 3. The van der Waals surface area contributed by atoms with Gasteiger partial charge in [0.15, 0.2) is 0 Å². The SMILES string of the molecule is CS(=O)(=O)N[C@H]1CCC2(CCN([C@@H]3C[C@@H]4CC[C@@H]5CC54C3)CC2)c2ccccc21.[HH]. The maximum Gasteiger partial charge on any atom is 0.209 e. The molecule has 0 aromatic heterocycles. The van der Waals surface area contributed by atoms with Crippen LogP contribution in [0, 0.1) is 17.3 Å². The number of benzene rings is 1. The summed E-state index contributed by atoms with van der Waals surface area (Å²) >= 11 is 0. The first kappa shape index (κ1) is 18.8. The van der Waals surface area contributed by atoms with Gasteiger partial charge >= 0.3 is 0 Å². The van der Waals surface area contributed by atoms with Crippen molar-refractivity contribution in [1.82, 2.24) is 9.62 Å². The second-order valence-electron chi connectivity index (χ2n) is 10.9. The molecule has 29 heavy (non-hydrogen) atoms. The minimum atomic E-state index is -3.20. The lowest BCUT2D eigenvalue weighted by Crippen LogP contribution is -2.48. The van der Waals surface area contributed by atoms with Crippen molar-refractivity contribution in [2.24, 2.45) is 17.3 Å². The molecule has 5 aliphatic rings. The Kier molecular flexibility index (Phi) is 4.09. The van der Waals surface area contributed by atoms with Gasteiger partial charge in [-0.25, -0.2) is 13.1 Å². The van der Waals surface area contributed by atoms with E-state index >= 15 is 0 Å². The second kappa shape index (κ2) is 6.30. The maximum atomic E-state index is 11.9. The molecule has 1 N–H and O–H groups in total. The number of hydrogen-bond donors (Lipinski definition) is 1. The molecule has 5 heteroatoms. The van der Waals surface area contributed by atoms with E-state index in [1.54, 1.807) is 0 Å². The van der Waals surface area contributed by atoms with Crippen molar-refractivity contribution < 1.29 is 9.84 Å². The molecule has 6 rings (SSSR count). The monoisotopic (exact) mass is 416 g/mol. The Morgan fingerprint density at radius 3 is 2.52 bits per heavy atom. The third kappa shape index (κ3) is 2.95. The van der Waals surface area contributed by atoms with Crippen LogP contribution >= 0.6 is 0 Å². The Hall–Kier alpha value is -0.910. The van der Waals surface area contributed by atoms with Gasteiger partial charge in [0.05, 0.1) is 6.26 Å². The van der Waals surface area contributed by atoms with Crippen LogP contribution in [0.25, 0.3) is 0 Å². The molecule has 5 atom stereocenters. The van der Waals surface area contributed by atoms with Gasteiger partial charge in [-0.2, -0.15) is 0 Å². The molecule has 1 aliphatic heterocycles. The third-order valence-corrected chi connectivity index (χ3v) is 10.3. The van der Waals surface area contributed by atoms with E-state index < -0.39 is 10.0 Å². The summed E-state index contributed by atoms with van der Waals surface area (Å²) in [7, 11) is -3.20. The zero-order valence-electron chi connectivity index (χ0n) is 17.6. The first-order valence-electron chi connectivity index (χ1n) is 11.7. The molecule has 3 saturated carbocycles. The van der Waals surface area contributed by atoms with Crippen molar-refractivity contribution in [3.05, 3.63) is 35.4 Å². The van der Waals surface area contributed by atoms with Crippen LogP contribution in [0.2, 0.25) is 0 Å². The number of fused-ring (bicyclic) bond motifs is 2. The van der Waals surface area contributed by atoms with Crippen molar-refractivity contribution in [2.75, 3.05) is 19.3 Å². The van der Waals surface area contributed by atoms with Gasteiger partial charge in [-0.15, -0.1) is 0 Å². The number of sulfonamides is 1. The number of piperidine rings is 1. The van der Waals surface area contributed by atoms with E-state index in [1.807, 2.05) is 0 Å². The molecule has 1 aromatic carbocycles. The van der Waals surface area contributed by atoms with Gasteiger partial charge in [-0.3, -0.25) is 0 Å². The Labute approximate surface area is 177 Å². The van der Waals surface area contributed by atoms with Crippen molar-refractivity contribution >= 4 is 10.0 Å². The van der Waals surface area contributed by atoms with Crippen LogP contribution in [-0.4, -0.2) is 38.7 Å². The molecule has 0 amide bonds. The summed E-state index contributed by atoms with van der Waals surface area (Å²) in [6.45, 7) is 2.44. The first-order chi connectivity index (χ1) is 13.9. The standard InChI is InChI=1S/C24H34N2O2S.H2/c1-29(27,28)25-22-8-9-23(21-5-3-2-4-20(21)22)10-12-26(13-11-23)19-14-17-6-7-18-15-24(17,18)16-19;/h2-5,17-19,22,25H,6-16H2,1H3;1H/t17-,18+,19+,22-,24?;/m0./s1. The number of likely N-dealkylation sites (tertiary alicyclic amines) is 1. The molecule has 1 saturated heterocycles. The smallest absolute Gasteiger partial charge is 0.209 e. The topological polar surface area (TPSA) is 49.4 Å². The summed E-state index contributed by atoms with van der Waals surface area (Å²) < 4.78 is 26.6. The summed E-state index contributed by atoms with van der Waals surface area (Å²) in [5, 5.41) is 0. The third-order valence-electron chi connectivity index (χ3n) is 9.58. The minimum Gasteiger partial charge on any atom is -0.300 e. The van der Waals surface area contributed by atoms with Crippen LogP contribution < -0.4 is 4.72 Å². The summed E-state index contributed by atoms with van der Waals surface area (Å²) in [6, 6.07) is 9.39. The Bertz CT molecular complexity index is 927. The average molecular weight is 417 g/mol. The van der Waals surface area contributed by atoms with Crippen molar-refractivity contribution in [3.8, 4) is 0 Å². The van der Waals surface area contributed by atoms with Crippen LogP contribution in [0.4, 0.5) is 0 Å². The highest BCUT2D eigenvalue weighted by Crippen LogP contribution is 2.73. The van der Waals surface area contributed by atoms with Gasteiger partial charge in [-0.1, -0.05) is 24.3 Å². The van der Waals surface area contributed by atoms with Crippen LogP contribution in [0.3, 0.4) is 0 Å². The van der Waals surface area contributed by atoms with Crippen LogP contribution in [0.5, 0.6) is 0 Å². The molecule has 1 unspecified atom stereocenters. The zero-order valence-corrected chi connectivity index (χ0v) is 18.4. The number of hydrogen-bond acceptors (Lipinski definition) is 3. The van der Waals surface area contributed by atoms with Crippen molar-refractivity contribution in [2.45, 2.75) is 75.3 Å².